The summed E-state index contributed by atoms with van der Waals surface area (Å²) >= 11 is 0. The summed E-state index contributed by atoms with van der Waals surface area (Å²) in [4.78, 5) is 30.4. The Balaban J connectivity index is 2.07. The average Bonchev–Trinajstić information content (AvgIpc) is 2.85. The molecule has 2 heterocycles. The number of anilines is 1. The van der Waals surface area contributed by atoms with Gasteiger partial charge in [-0.1, -0.05) is 12.1 Å². The van der Waals surface area contributed by atoms with Gasteiger partial charge in [0.2, 0.25) is 5.91 Å². The number of hydrogen-bond donors (Lipinski definition) is 1. The van der Waals surface area contributed by atoms with Gasteiger partial charge < -0.3 is 10.2 Å². The van der Waals surface area contributed by atoms with Gasteiger partial charge in [-0.15, -0.1) is 0 Å². The molecule has 108 valence electrons. The Bertz CT molecular complexity index is 709. The van der Waals surface area contributed by atoms with Crippen LogP contribution in [0.25, 0.3) is 0 Å². The molecule has 2 amide bonds. The number of fused-ring (bicyclic) bond motifs is 1. The van der Waals surface area contributed by atoms with Gasteiger partial charge >= 0.3 is 0 Å². The monoisotopic (exact) mass is 285 g/mol. The molecule has 1 aromatic carbocycles. The van der Waals surface area contributed by atoms with Crippen molar-refractivity contribution in [3.63, 3.8) is 0 Å². The number of para-hydroxylation sites is 1. The predicted octanol–water partition coefficient (Wildman–Crippen LogP) is 0.480. The maximum absolute atomic E-state index is 12.5. The van der Waals surface area contributed by atoms with Crippen molar-refractivity contribution in [2.75, 3.05) is 4.90 Å². The Morgan fingerprint density at radius 2 is 2.05 bits per heavy atom. The molecule has 1 aromatic heterocycles. The maximum Gasteiger partial charge on any atom is 0.254 e. The quantitative estimate of drug-likeness (QED) is 0.870. The first-order chi connectivity index (χ1) is 10.1. The predicted molar refractivity (Wildman–Crippen MR) is 75.6 cm³/mol. The standard InChI is InChI=1S/C14H15N5O2/c1-9-14(21)19(7-12-15-8-16-18(12)2)11-6-4-3-5-10(11)13(20)17-9/h3-6,8-9H,7H2,1-2H3,(H,17,20). The van der Waals surface area contributed by atoms with Crippen LogP contribution in [0.5, 0.6) is 0 Å². The van der Waals surface area contributed by atoms with Gasteiger partial charge in [0.1, 0.15) is 18.2 Å². The van der Waals surface area contributed by atoms with Crippen molar-refractivity contribution in [2.45, 2.75) is 19.5 Å². The molecule has 3 rings (SSSR count). The second-order valence-electron chi connectivity index (χ2n) is 4.94. The number of rotatable bonds is 2. The molecular weight excluding hydrogens is 270 g/mol. The van der Waals surface area contributed by atoms with Crippen LogP contribution in [0.1, 0.15) is 23.1 Å². The fourth-order valence-electron chi connectivity index (χ4n) is 2.36. The zero-order chi connectivity index (χ0) is 15.0. The second kappa shape index (κ2) is 5.01. The Kier molecular flexibility index (Phi) is 3.17. The number of hydrogen-bond acceptors (Lipinski definition) is 4. The lowest BCUT2D eigenvalue weighted by Gasteiger charge is -2.23. The van der Waals surface area contributed by atoms with E-state index in [2.05, 4.69) is 15.4 Å². The molecular formula is C14H15N5O2. The lowest BCUT2D eigenvalue weighted by molar-refractivity contribution is -0.120. The number of nitrogens with one attached hydrogen (secondary N) is 1. The highest BCUT2D eigenvalue weighted by Gasteiger charge is 2.31. The van der Waals surface area contributed by atoms with E-state index in [0.29, 0.717) is 17.1 Å². The molecule has 7 nitrogen and oxygen atoms in total. The third kappa shape index (κ3) is 2.26. The lowest BCUT2D eigenvalue weighted by Crippen LogP contribution is -2.43. The molecule has 1 aliphatic heterocycles. The Hall–Kier alpha value is -2.70. The van der Waals surface area contributed by atoms with Crippen molar-refractivity contribution < 1.29 is 9.59 Å². The van der Waals surface area contributed by atoms with E-state index < -0.39 is 6.04 Å². The first kappa shape index (κ1) is 13.3. The zero-order valence-corrected chi connectivity index (χ0v) is 11.8. The van der Waals surface area contributed by atoms with E-state index in [-0.39, 0.29) is 18.4 Å². The van der Waals surface area contributed by atoms with Crippen LogP contribution in [-0.2, 0) is 18.4 Å². The molecule has 1 N–H and O–H groups in total. The molecule has 7 heteroatoms. The lowest BCUT2D eigenvalue weighted by atomic mass is 10.1. The van der Waals surface area contributed by atoms with Crippen LogP contribution < -0.4 is 10.2 Å². The first-order valence-electron chi connectivity index (χ1n) is 6.62. The number of nitrogens with zero attached hydrogens (tertiary/aromatic N) is 4. The van der Waals surface area contributed by atoms with Crippen molar-refractivity contribution >= 4 is 17.5 Å². The van der Waals surface area contributed by atoms with Crippen molar-refractivity contribution in [3.8, 4) is 0 Å². The fraction of sp³-hybridized carbons (Fsp3) is 0.286. The average molecular weight is 285 g/mol. The first-order valence-corrected chi connectivity index (χ1v) is 6.62. The molecule has 1 unspecified atom stereocenters. The zero-order valence-electron chi connectivity index (χ0n) is 11.8. The third-order valence-electron chi connectivity index (χ3n) is 3.53. The van der Waals surface area contributed by atoms with E-state index in [1.54, 1.807) is 47.8 Å². The molecule has 0 bridgehead atoms. The van der Waals surface area contributed by atoms with E-state index in [4.69, 9.17) is 0 Å². The molecule has 0 radical (unpaired) electrons. The highest BCUT2D eigenvalue weighted by molar-refractivity contribution is 6.10. The summed E-state index contributed by atoms with van der Waals surface area (Å²) in [6.07, 6.45) is 1.44. The molecule has 21 heavy (non-hydrogen) atoms. The molecule has 2 aromatic rings. The highest BCUT2D eigenvalue weighted by Crippen LogP contribution is 2.25. The van der Waals surface area contributed by atoms with Crippen LogP contribution in [0.15, 0.2) is 30.6 Å². The largest absolute Gasteiger partial charge is 0.340 e. The van der Waals surface area contributed by atoms with Crippen LogP contribution in [0.4, 0.5) is 5.69 Å². The summed E-state index contributed by atoms with van der Waals surface area (Å²) in [6, 6.07) is 6.47. The molecule has 0 fully saturated rings. The number of amides is 2. The molecule has 1 aliphatic rings. The third-order valence-corrected chi connectivity index (χ3v) is 3.53. The smallest absolute Gasteiger partial charge is 0.254 e. The van der Waals surface area contributed by atoms with Crippen LogP contribution in [0.3, 0.4) is 0 Å². The van der Waals surface area contributed by atoms with Gasteiger partial charge in [0.15, 0.2) is 0 Å². The molecule has 0 aliphatic carbocycles. The highest BCUT2D eigenvalue weighted by atomic mass is 16.2. The van der Waals surface area contributed by atoms with Gasteiger partial charge in [-0.3, -0.25) is 14.3 Å². The van der Waals surface area contributed by atoms with Gasteiger partial charge in [-0.05, 0) is 19.1 Å². The van der Waals surface area contributed by atoms with Crippen molar-refractivity contribution in [3.05, 3.63) is 42.0 Å². The summed E-state index contributed by atoms with van der Waals surface area (Å²) in [5, 5.41) is 6.70. The number of carbonyl (C=O) groups is 2. The normalized spacial score (nSPS) is 18.2. The van der Waals surface area contributed by atoms with Crippen LogP contribution in [0.2, 0.25) is 0 Å². The summed E-state index contributed by atoms with van der Waals surface area (Å²) in [6.45, 7) is 1.95. The molecule has 1 atom stereocenters. The van der Waals surface area contributed by atoms with Gasteiger partial charge in [-0.2, -0.15) is 5.10 Å². The van der Waals surface area contributed by atoms with Crippen LogP contribution in [0, 0.1) is 0 Å². The minimum absolute atomic E-state index is 0.170. The van der Waals surface area contributed by atoms with Crippen LogP contribution >= 0.6 is 0 Å². The second-order valence-corrected chi connectivity index (χ2v) is 4.94. The maximum atomic E-state index is 12.5. The minimum atomic E-state index is -0.585. The van der Waals surface area contributed by atoms with E-state index in [0.717, 1.165) is 0 Å². The van der Waals surface area contributed by atoms with Gasteiger partial charge in [0.25, 0.3) is 5.91 Å². The number of aromatic nitrogens is 3. The van der Waals surface area contributed by atoms with E-state index in [9.17, 15) is 9.59 Å². The van der Waals surface area contributed by atoms with Gasteiger partial charge in [-0.25, -0.2) is 4.98 Å². The molecule has 0 saturated carbocycles. The molecule has 0 saturated heterocycles. The Morgan fingerprint density at radius 3 is 2.76 bits per heavy atom. The number of carbonyl (C=O) groups excluding carboxylic acids is 2. The molecule has 0 spiro atoms. The van der Waals surface area contributed by atoms with E-state index in [1.165, 1.54) is 6.33 Å². The number of aryl methyl sites for hydroxylation is 1. The van der Waals surface area contributed by atoms with E-state index in [1.807, 2.05) is 0 Å². The summed E-state index contributed by atoms with van der Waals surface area (Å²) in [5.74, 6) is 0.239. The topological polar surface area (TPSA) is 80.1 Å². The SMILES string of the molecule is CC1NC(=O)c2ccccc2N(Cc2ncnn2C)C1=O. The van der Waals surface area contributed by atoms with Crippen molar-refractivity contribution in [2.24, 2.45) is 7.05 Å². The van der Waals surface area contributed by atoms with Gasteiger partial charge in [0, 0.05) is 7.05 Å². The van der Waals surface area contributed by atoms with Gasteiger partial charge in [0.05, 0.1) is 17.8 Å². The van der Waals surface area contributed by atoms with E-state index >= 15 is 0 Å². The van der Waals surface area contributed by atoms with Crippen molar-refractivity contribution in [1.82, 2.24) is 20.1 Å². The summed E-state index contributed by atoms with van der Waals surface area (Å²) in [5.41, 5.74) is 1.07. The minimum Gasteiger partial charge on any atom is -0.340 e. The summed E-state index contributed by atoms with van der Waals surface area (Å²) < 4.78 is 1.61. The van der Waals surface area contributed by atoms with Crippen LogP contribution in [-0.4, -0.2) is 32.6 Å². The fourth-order valence-corrected chi connectivity index (χ4v) is 2.36. The number of benzene rings is 1. The Morgan fingerprint density at radius 1 is 1.29 bits per heavy atom. The van der Waals surface area contributed by atoms with Crippen molar-refractivity contribution in [1.29, 1.82) is 0 Å². The Labute approximate surface area is 121 Å². The summed E-state index contributed by atoms with van der Waals surface area (Å²) in [7, 11) is 1.77.